The first-order chi connectivity index (χ1) is 7.87. The van der Waals surface area contributed by atoms with Gasteiger partial charge in [0.05, 0.1) is 12.7 Å². The van der Waals surface area contributed by atoms with E-state index < -0.39 is 5.60 Å². The van der Waals surface area contributed by atoms with Gasteiger partial charge in [-0.15, -0.1) is 0 Å². The lowest BCUT2D eigenvalue weighted by Crippen LogP contribution is -2.24. The van der Waals surface area contributed by atoms with E-state index in [1.807, 2.05) is 20.8 Å². The van der Waals surface area contributed by atoms with Gasteiger partial charge in [-0.25, -0.2) is 4.79 Å². The summed E-state index contributed by atoms with van der Waals surface area (Å²) >= 11 is 0. The summed E-state index contributed by atoms with van der Waals surface area (Å²) < 4.78 is 10.4. The van der Waals surface area contributed by atoms with Crippen LogP contribution in [0, 0.1) is 0 Å². The number of esters is 1. The average molecular weight is 234 g/mol. The molecule has 1 aromatic carbocycles. The van der Waals surface area contributed by atoms with Gasteiger partial charge in [0.15, 0.2) is 0 Å². The fraction of sp³-hybridized carbons (Fsp3) is 0.357. The van der Waals surface area contributed by atoms with Crippen molar-refractivity contribution in [3.8, 4) is 5.75 Å². The topological polar surface area (TPSA) is 35.5 Å². The fourth-order valence-electron chi connectivity index (χ4n) is 1.35. The molecular formula is C14H18O3. The quantitative estimate of drug-likeness (QED) is 0.753. The van der Waals surface area contributed by atoms with Crippen molar-refractivity contribution in [1.29, 1.82) is 0 Å². The van der Waals surface area contributed by atoms with E-state index in [1.165, 1.54) is 0 Å². The van der Waals surface area contributed by atoms with Crippen molar-refractivity contribution in [2.45, 2.75) is 26.4 Å². The molecule has 92 valence electrons. The summed E-state index contributed by atoms with van der Waals surface area (Å²) in [4.78, 5) is 12.0. The van der Waals surface area contributed by atoms with E-state index in [-0.39, 0.29) is 5.97 Å². The molecule has 3 heteroatoms. The number of benzene rings is 1. The molecule has 0 bridgehead atoms. The van der Waals surface area contributed by atoms with Gasteiger partial charge in [0, 0.05) is 0 Å². The Balaban J connectivity index is 3.10. The Labute approximate surface area is 102 Å². The van der Waals surface area contributed by atoms with Gasteiger partial charge in [0.25, 0.3) is 0 Å². The molecule has 17 heavy (non-hydrogen) atoms. The normalized spacial score (nSPS) is 10.8. The molecule has 1 aromatic rings. The second-order valence-electron chi connectivity index (χ2n) is 4.66. The van der Waals surface area contributed by atoms with Crippen LogP contribution in [0.5, 0.6) is 5.75 Å². The summed E-state index contributed by atoms with van der Waals surface area (Å²) in [6.45, 7) is 9.17. The third kappa shape index (κ3) is 3.63. The van der Waals surface area contributed by atoms with Gasteiger partial charge < -0.3 is 9.47 Å². The molecule has 0 saturated carbocycles. The van der Waals surface area contributed by atoms with Crippen LogP contribution in [0.1, 0.15) is 36.7 Å². The lowest BCUT2D eigenvalue weighted by atomic mass is 10.1. The number of hydrogen-bond acceptors (Lipinski definition) is 3. The molecule has 3 nitrogen and oxygen atoms in total. The van der Waals surface area contributed by atoms with E-state index in [2.05, 4.69) is 6.58 Å². The molecule has 0 aromatic heterocycles. The van der Waals surface area contributed by atoms with Gasteiger partial charge >= 0.3 is 5.97 Å². The van der Waals surface area contributed by atoms with E-state index in [1.54, 1.807) is 31.4 Å². The van der Waals surface area contributed by atoms with Gasteiger partial charge in [0.1, 0.15) is 11.4 Å². The van der Waals surface area contributed by atoms with Gasteiger partial charge in [-0.05, 0) is 38.5 Å². The summed E-state index contributed by atoms with van der Waals surface area (Å²) in [6, 6.07) is 5.22. The number of rotatable bonds is 3. The summed E-state index contributed by atoms with van der Waals surface area (Å²) in [6.07, 6.45) is 1.62. The Bertz CT molecular complexity index is 428. The Morgan fingerprint density at radius 3 is 2.47 bits per heavy atom. The van der Waals surface area contributed by atoms with Crippen molar-refractivity contribution in [2.75, 3.05) is 7.11 Å². The predicted molar refractivity (Wildman–Crippen MR) is 68.3 cm³/mol. The highest BCUT2D eigenvalue weighted by Gasteiger charge is 2.20. The molecule has 0 aliphatic heterocycles. The second kappa shape index (κ2) is 5.04. The Morgan fingerprint density at radius 1 is 1.35 bits per heavy atom. The highest BCUT2D eigenvalue weighted by molar-refractivity contribution is 5.94. The minimum absolute atomic E-state index is 0.369. The van der Waals surface area contributed by atoms with E-state index in [0.717, 1.165) is 5.56 Å². The van der Waals surface area contributed by atoms with Crippen LogP contribution in [-0.2, 0) is 4.74 Å². The van der Waals surface area contributed by atoms with Crippen molar-refractivity contribution in [3.05, 3.63) is 35.9 Å². The van der Waals surface area contributed by atoms with Gasteiger partial charge in [-0.1, -0.05) is 18.7 Å². The van der Waals surface area contributed by atoms with E-state index in [4.69, 9.17) is 9.47 Å². The van der Waals surface area contributed by atoms with Crippen LogP contribution < -0.4 is 4.74 Å². The van der Waals surface area contributed by atoms with Crippen LogP contribution in [-0.4, -0.2) is 18.7 Å². The highest BCUT2D eigenvalue weighted by Crippen LogP contribution is 2.21. The first kappa shape index (κ1) is 13.3. The predicted octanol–water partition coefficient (Wildman–Crippen LogP) is 3.29. The van der Waals surface area contributed by atoms with Crippen molar-refractivity contribution in [2.24, 2.45) is 0 Å². The maximum absolute atomic E-state index is 12.0. The third-order valence-corrected chi connectivity index (χ3v) is 2.10. The van der Waals surface area contributed by atoms with Gasteiger partial charge in [-0.2, -0.15) is 0 Å². The molecule has 1 rings (SSSR count). The Morgan fingerprint density at radius 2 is 2.00 bits per heavy atom. The molecule has 0 aliphatic rings. The summed E-state index contributed by atoms with van der Waals surface area (Å²) in [5.74, 6) is 0.253. The summed E-state index contributed by atoms with van der Waals surface area (Å²) in [7, 11) is 1.56. The SMILES string of the molecule is C=Cc1ccc(OC)cc1C(=O)OC(C)(C)C. The summed E-state index contributed by atoms with van der Waals surface area (Å²) in [5.41, 5.74) is 0.688. The molecule has 0 N–H and O–H groups in total. The third-order valence-electron chi connectivity index (χ3n) is 2.10. The summed E-state index contributed by atoms with van der Waals surface area (Å²) in [5, 5.41) is 0. The number of hydrogen-bond donors (Lipinski definition) is 0. The number of carbonyl (C=O) groups is 1. The van der Waals surface area contributed by atoms with E-state index in [9.17, 15) is 4.79 Å². The standard InChI is InChI=1S/C14H18O3/c1-6-10-7-8-11(16-5)9-12(10)13(15)17-14(2,3)4/h6-9H,1H2,2-5H3. The smallest absolute Gasteiger partial charge is 0.339 e. The molecular weight excluding hydrogens is 216 g/mol. The van der Waals surface area contributed by atoms with Gasteiger partial charge in [0.2, 0.25) is 0 Å². The monoisotopic (exact) mass is 234 g/mol. The van der Waals surface area contributed by atoms with Crippen molar-refractivity contribution < 1.29 is 14.3 Å². The lowest BCUT2D eigenvalue weighted by molar-refractivity contribution is 0.00690. The van der Waals surface area contributed by atoms with Crippen LogP contribution in [0.3, 0.4) is 0 Å². The van der Waals surface area contributed by atoms with Crippen LogP contribution in [0.4, 0.5) is 0 Å². The van der Waals surface area contributed by atoms with Crippen molar-refractivity contribution in [1.82, 2.24) is 0 Å². The molecule has 0 amide bonds. The zero-order valence-corrected chi connectivity index (χ0v) is 10.7. The number of methoxy groups -OCH3 is 1. The maximum Gasteiger partial charge on any atom is 0.339 e. The molecule has 0 saturated heterocycles. The molecule has 0 radical (unpaired) electrons. The second-order valence-corrected chi connectivity index (χ2v) is 4.66. The minimum Gasteiger partial charge on any atom is -0.497 e. The first-order valence-electron chi connectivity index (χ1n) is 5.41. The zero-order valence-electron chi connectivity index (χ0n) is 10.7. The fourth-order valence-corrected chi connectivity index (χ4v) is 1.35. The molecule has 0 fully saturated rings. The lowest BCUT2D eigenvalue weighted by Gasteiger charge is -2.20. The van der Waals surface area contributed by atoms with E-state index in [0.29, 0.717) is 11.3 Å². The van der Waals surface area contributed by atoms with Crippen molar-refractivity contribution >= 4 is 12.0 Å². The molecule has 0 aliphatic carbocycles. The maximum atomic E-state index is 12.0. The largest absolute Gasteiger partial charge is 0.497 e. The Hall–Kier alpha value is -1.77. The number of carbonyl (C=O) groups excluding carboxylic acids is 1. The molecule has 0 heterocycles. The van der Waals surface area contributed by atoms with Crippen molar-refractivity contribution in [3.63, 3.8) is 0 Å². The minimum atomic E-state index is -0.515. The van der Waals surface area contributed by atoms with E-state index >= 15 is 0 Å². The first-order valence-corrected chi connectivity index (χ1v) is 5.41. The van der Waals surface area contributed by atoms with Gasteiger partial charge in [-0.3, -0.25) is 0 Å². The van der Waals surface area contributed by atoms with Crippen LogP contribution in [0.25, 0.3) is 6.08 Å². The average Bonchev–Trinajstić information content (AvgIpc) is 2.25. The molecule has 0 spiro atoms. The highest BCUT2D eigenvalue weighted by atomic mass is 16.6. The van der Waals surface area contributed by atoms with Crippen LogP contribution in [0.2, 0.25) is 0 Å². The molecule has 0 atom stereocenters. The zero-order chi connectivity index (χ0) is 13.1. The Kier molecular flexibility index (Phi) is 3.94. The molecule has 0 unspecified atom stereocenters. The number of ether oxygens (including phenoxy) is 2. The van der Waals surface area contributed by atoms with Crippen LogP contribution in [0.15, 0.2) is 24.8 Å². The van der Waals surface area contributed by atoms with Crippen LogP contribution >= 0.6 is 0 Å².